The zero-order valence-electron chi connectivity index (χ0n) is 6.70. The van der Waals surface area contributed by atoms with E-state index in [1.54, 1.807) is 18.2 Å². The van der Waals surface area contributed by atoms with E-state index in [4.69, 9.17) is 17.3 Å². The minimum Gasteiger partial charge on any atom is -0.507 e. The van der Waals surface area contributed by atoms with Crippen molar-refractivity contribution in [3.8, 4) is 0 Å². The van der Waals surface area contributed by atoms with E-state index >= 15 is 0 Å². The minimum atomic E-state index is -0.697. The van der Waals surface area contributed by atoms with E-state index in [-0.39, 0.29) is 5.76 Å². The fourth-order valence-corrected chi connectivity index (χ4v) is 1.06. The number of benzene rings is 1. The van der Waals surface area contributed by atoms with Crippen molar-refractivity contribution < 1.29 is 9.90 Å². The van der Waals surface area contributed by atoms with Gasteiger partial charge in [0.05, 0.1) is 0 Å². The van der Waals surface area contributed by atoms with Crippen LogP contribution in [0.1, 0.15) is 5.56 Å². The summed E-state index contributed by atoms with van der Waals surface area (Å²) in [5.41, 5.74) is 5.32. The molecule has 0 aliphatic carbocycles. The van der Waals surface area contributed by atoms with Crippen molar-refractivity contribution in [1.82, 2.24) is 0 Å². The van der Waals surface area contributed by atoms with Crippen LogP contribution < -0.4 is 5.73 Å². The van der Waals surface area contributed by atoms with E-state index < -0.39 is 5.91 Å². The summed E-state index contributed by atoms with van der Waals surface area (Å²) < 4.78 is 0. The topological polar surface area (TPSA) is 63.3 Å². The molecule has 0 aliphatic rings. The average molecular weight is 198 g/mol. The Morgan fingerprint density at radius 1 is 1.54 bits per heavy atom. The molecule has 1 amide bonds. The molecule has 0 unspecified atom stereocenters. The number of rotatable bonds is 2. The van der Waals surface area contributed by atoms with Crippen LogP contribution in [-0.2, 0) is 4.79 Å². The molecule has 4 heteroatoms. The molecule has 0 bridgehead atoms. The first kappa shape index (κ1) is 9.61. The lowest BCUT2D eigenvalue weighted by atomic mass is 10.2. The van der Waals surface area contributed by atoms with Gasteiger partial charge in [-0.3, -0.25) is 4.79 Å². The number of aliphatic hydroxyl groups is 1. The maximum atomic E-state index is 10.4. The standard InChI is InChI=1S/C9H8ClNO2/c10-7-3-1-2-6(4-7)8(12)5-9(11)13/h1-5,12H,(H2,11,13)/b8-5+. The maximum absolute atomic E-state index is 10.4. The highest BCUT2D eigenvalue weighted by Crippen LogP contribution is 2.16. The van der Waals surface area contributed by atoms with Crippen LogP contribution in [0.5, 0.6) is 0 Å². The number of hydrogen-bond donors (Lipinski definition) is 2. The van der Waals surface area contributed by atoms with Gasteiger partial charge in [0.25, 0.3) is 0 Å². The smallest absolute Gasteiger partial charge is 0.245 e. The van der Waals surface area contributed by atoms with Gasteiger partial charge in [0.15, 0.2) is 0 Å². The van der Waals surface area contributed by atoms with Crippen molar-refractivity contribution in [3.63, 3.8) is 0 Å². The van der Waals surface area contributed by atoms with E-state index in [1.807, 2.05) is 0 Å². The Morgan fingerprint density at radius 3 is 2.77 bits per heavy atom. The predicted molar refractivity (Wildman–Crippen MR) is 51.3 cm³/mol. The molecule has 0 radical (unpaired) electrons. The lowest BCUT2D eigenvalue weighted by Gasteiger charge is -1.98. The molecule has 0 spiro atoms. The maximum Gasteiger partial charge on any atom is 0.245 e. The Balaban J connectivity index is 3.02. The first-order chi connectivity index (χ1) is 6.09. The highest BCUT2D eigenvalue weighted by Gasteiger charge is 2.00. The quantitative estimate of drug-likeness (QED) is 0.560. The van der Waals surface area contributed by atoms with E-state index in [0.717, 1.165) is 6.08 Å². The van der Waals surface area contributed by atoms with Gasteiger partial charge in [0, 0.05) is 16.7 Å². The fraction of sp³-hybridized carbons (Fsp3) is 0. The van der Waals surface area contributed by atoms with Gasteiger partial charge < -0.3 is 10.8 Å². The summed E-state index contributed by atoms with van der Waals surface area (Å²) in [6, 6.07) is 6.50. The SMILES string of the molecule is NC(=O)/C=C(/O)c1cccc(Cl)c1. The second-order valence-electron chi connectivity index (χ2n) is 2.44. The van der Waals surface area contributed by atoms with Gasteiger partial charge in [-0.2, -0.15) is 0 Å². The monoisotopic (exact) mass is 197 g/mol. The average Bonchev–Trinajstić information content (AvgIpc) is 2.03. The first-order valence-electron chi connectivity index (χ1n) is 3.55. The Morgan fingerprint density at radius 2 is 2.23 bits per heavy atom. The molecule has 0 aliphatic heterocycles. The first-order valence-corrected chi connectivity index (χ1v) is 3.93. The summed E-state index contributed by atoms with van der Waals surface area (Å²) in [5, 5.41) is 9.80. The molecule has 68 valence electrons. The van der Waals surface area contributed by atoms with Gasteiger partial charge in [0.1, 0.15) is 5.76 Å². The molecular weight excluding hydrogens is 190 g/mol. The van der Waals surface area contributed by atoms with Gasteiger partial charge in [-0.15, -0.1) is 0 Å². The Kier molecular flexibility index (Phi) is 2.93. The van der Waals surface area contributed by atoms with Gasteiger partial charge in [0.2, 0.25) is 5.91 Å². The Hall–Kier alpha value is -1.48. The molecule has 0 heterocycles. The molecule has 0 fully saturated rings. The van der Waals surface area contributed by atoms with Gasteiger partial charge in [-0.25, -0.2) is 0 Å². The molecule has 0 atom stereocenters. The van der Waals surface area contributed by atoms with E-state index in [1.165, 1.54) is 6.07 Å². The van der Waals surface area contributed by atoms with Gasteiger partial charge in [-0.05, 0) is 12.1 Å². The summed E-state index contributed by atoms with van der Waals surface area (Å²) in [5.74, 6) is -0.882. The molecule has 0 saturated carbocycles. The van der Waals surface area contributed by atoms with Crippen LogP contribution in [-0.4, -0.2) is 11.0 Å². The molecule has 1 rings (SSSR count). The number of carbonyl (C=O) groups excluding carboxylic acids is 1. The molecule has 0 saturated heterocycles. The molecule has 1 aromatic carbocycles. The van der Waals surface area contributed by atoms with Crippen molar-refractivity contribution >= 4 is 23.3 Å². The van der Waals surface area contributed by atoms with Crippen LogP contribution in [0.3, 0.4) is 0 Å². The lowest BCUT2D eigenvalue weighted by Crippen LogP contribution is -2.06. The molecule has 3 N–H and O–H groups in total. The summed E-state index contributed by atoms with van der Waals surface area (Å²) in [4.78, 5) is 10.4. The van der Waals surface area contributed by atoms with Crippen LogP contribution in [0, 0.1) is 0 Å². The van der Waals surface area contributed by atoms with Crippen LogP contribution in [0.4, 0.5) is 0 Å². The number of primary amides is 1. The van der Waals surface area contributed by atoms with Gasteiger partial charge >= 0.3 is 0 Å². The van der Waals surface area contributed by atoms with Crippen LogP contribution in [0.2, 0.25) is 5.02 Å². The molecule has 0 aromatic heterocycles. The van der Waals surface area contributed by atoms with Crippen LogP contribution >= 0.6 is 11.6 Å². The summed E-state index contributed by atoms with van der Waals surface area (Å²) in [7, 11) is 0. The van der Waals surface area contributed by atoms with E-state index in [2.05, 4.69) is 0 Å². The van der Waals surface area contributed by atoms with Crippen molar-refractivity contribution in [1.29, 1.82) is 0 Å². The van der Waals surface area contributed by atoms with E-state index in [0.29, 0.717) is 10.6 Å². The van der Waals surface area contributed by atoms with Crippen molar-refractivity contribution in [2.24, 2.45) is 5.73 Å². The molecule has 13 heavy (non-hydrogen) atoms. The third-order valence-corrected chi connectivity index (χ3v) is 1.63. The highest BCUT2D eigenvalue weighted by molar-refractivity contribution is 6.30. The number of halogens is 1. The number of aliphatic hydroxyl groups excluding tert-OH is 1. The number of carbonyl (C=O) groups is 1. The summed E-state index contributed by atoms with van der Waals surface area (Å²) in [6.45, 7) is 0. The van der Waals surface area contributed by atoms with Crippen molar-refractivity contribution in [2.45, 2.75) is 0 Å². The third kappa shape index (κ3) is 2.80. The van der Waals surface area contributed by atoms with Crippen molar-refractivity contribution in [2.75, 3.05) is 0 Å². The fourth-order valence-electron chi connectivity index (χ4n) is 0.866. The molecule has 1 aromatic rings. The van der Waals surface area contributed by atoms with Crippen molar-refractivity contribution in [3.05, 3.63) is 40.9 Å². The zero-order chi connectivity index (χ0) is 9.84. The van der Waals surface area contributed by atoms with Crippen LogP contribution in [0.25, 0.3) is 5.76 Å². The zero-order valence-corrected chi connectivity index (χ0v) is 7.45. The number of hydrogen-bond acceptors (Lipinski definition) is 2. The highest BCUT2D eigenvalue weighted by atomic mass is 35.5. The van der Waals surface area contributed by atoms with Crippen LogP contribution in [0.15, 0.2) is 30.3 Å². The summed E-state index contributed by atoms with van der Waals surface area (Å²) in [6.07, 6.45) is 0.936. The number of nitrogens with two attached hydrogens (primary N) is 1. The second-order valence-corrected chi connectivity index (χ2v) is 2.88. The second kappa shape index (κ2) is 3.96. The number of amides is 1. The molecule has 3 nitrogen and oxygen atoms in total. The molecular formula is C9H8ClNO2. The third-order valence-electron chi connectivity index (χ3n) is 1.40. The summed E-state index contributed by atoms with van der Waals surface area (Å²) >= 11 is 5.67. The van der Waals surface area contributed by atoms with E-state index in [9.17, 15) is 9.90 Å². The van der Waals surface area contributed by atoms with Gasteiger partial charge in [-0.1, -0.05) is 23.7 Å². The largest absolute Gasteiger partial charge is 0.507 e. The predicted octanol–water partition coefficient (Wildman–Crippen LogP) is 1.72. The Bertz CT molecular complexity index is 360. The minimum absolute atomic E-state index is 0.185. The normalized spacial score (nSPS) is 11.3. The Labute approximate surface area is 80.4 Å². The lowest BCUT2D eigenvalue weighted by molar-refractivity contribution is -0.113.